The van der Waals surface area contributed by atoms with Crippen LogP contribution < -0.4 is 0 Å². The van der Waals surface area contributed by atoms with Gasteiger partial charge in [0.2, 0.25) is 0 Å². The summed E-state index contributed by atoms with van der Waals surface area (Å²) >= 11 is 0. The quantitative estimate of drug-likeness (QED) is 0.483. The lowest BCUT2D eigenvalue weighted by atomic mass is 10.0. The van der Waals surface area contributed by atoms with Crippen LogP contribution >= 0.6 is 0 Å². The average molecular weight is 181 g/mol. The summed E-state index contributed by atoms with van der Waals surface area (Å²) in [5, 5.41) is 0. The molecule has 1 heterocycles. The van der Waals surface area contributed by atoms with Crippen LogP contribution in [0.5, 0.6) is 0 Å². The molecule has 0 radical (unpaired) electrons. The van der Waals surface area contributed by atoms with Crippen LogP contribution in [0, 0.1) is 12.3 Å². The van der Waals surface area contributed by atoms with E-state index < -0.39 is 0 Å². The fraction of sp³-hybridized carbons (Fsp3) is 0.818. The largest absolute Gasteiger partial charge is 0.378 e. The summed E-state index contributed by atoms with van der Waals surface area (Å²) in [6.45, 7) is 8.28. The van der Waals surface area contributed by atoms with Crippen LogP contribution in [0.4, 0.5) is 0 Å². The van der Waals surface area contributed by atoms with Crippen LogP contribution in [0.2, 0.25) is 0 Å². The summed E-state index contributed by atoms with van der Waals surface area (Å²) in [7, 11) is 0. The molecule has 1 aliphatic heterocycles. The van der Waals surface area contributed by atoms with Crippen LogP contribution in [0.25, 0.3) is 0 Å². The van der Waals surface area contributed by atoms with Crippen molar-refractivity contribution in [2.45, 2.75) is 32.2 Å². The van der Waals surface area contributed by atoms with E-state index in [1.807, 2.05) is 0 Å². The molecule has 0 saturated carbocycles. The maximum atomic E-state index is 5.44. The van der Waals surface area contributed by atoms with Crippen molar-refractivity contribution in [1.82, 2.24) is 4.90 Å². The van der Waals surface area contributed by atoms with E-state index in [-0.39, 0.29) is 5.54 Å². The maximum absolute atomic E-state index is 5.44. The first kappa shape index (κ1) is 10.6. The van der Waals surface area contributed by atoms with Crippen LogP contribution in [0.1, 0.15) is 26.7 Å². The third kappa shape index (κ3) is 3.02. The Morgan fingerprint density at radius 2 is 2.31 bits per heavy atom. The Hall–Kier alpha value is -0.520. The van der Waals surface area contributed by atoms with Gasteiger partial charge in [0.15, 0.2) is 0 Å². The molecule has 0 unspecified atom stereocenters. The van der Waals surface area contributed by atoms with Gasteiger partial charge in [0.25, 0.3) is 0 Å². The van der Waals surface area contributed by atoms with Crippen LogP contribution in [0.3, 0.4) is 0 Å². The normalized spacial score (nSPS) is 22.5. The lowest BCUT2D eigenvalue weighted by Crippen LogP contribution is -2.53. The molecule has 0 aromatic heterocycles. The second-order valence-corrected chi connectivity index (χ2v) is 4.16. The van der Waals surface area contributed by atoms with Crippen molar-refractivity contribution in [2.75, 3.05) is 26.3 Å². The Bertz CT molecular complexity index is 193. The number of hydrogen-bond acceptors (Lipinski definition) is 2. The van der Waals surface area contributed by atoms with E-state index in [0.29, 0.717) is 0 Å². The average Bonchev–Trinajstić information content (AvgIpc) is 2.08. The van der Waals surface area contributed by atoms with Crippen molar-refractivity contribution >= 4 is 0 Å². The molecule has 13 heavy (non-hydrogen) atoms. The fourth-order valence-corrected chi connectivity index (χ4v) is 1.68. The second kappa shape index (κ2) is 4.64. The van der Waals surface area contributed by atoms with E-state index in [1.165, 1.54) is 0 Å². The Labute approximate surface area is 81.3 Å². The van der Waals surface area contributed by atoms with Gasteiger partial charge in [-0.15, -0.1) is 12.3 Å². The molecule has 2 nitrogen and oxygen atoms in total. The molecule has 1 fully saturated rings. The van der Waals surface area contributed by atoms with Crippen molar-refractivity contribution in [3.05, 3.63) is 0 Å². The van der Waals surface area contributed by atoms with Crippen molar-refractivity contribution in [1.29, 1.82) is 0 Å². The molecule has 0 amide bonds. The van der Waals surface area contributed by atoms with Crippen molar-refractivity contribution in [3.8, 4) is 12.3 Å². The minimum atomic E-state index is 0.187. The Morgan fingerprint density at radius 1 is 1.54 bits per heavy atom. The molecule has 1 rings (SSSR count). The highest BCUT2D eigenvalue weighted by atomic mass is 16.5. The van der Waals surface area contributed by atoms with Gasteiger partial charge in [-0.25, -0.2) is 0 Å². The van der Waals surface area contributed by atoms with Crippen molar-refractivity contribution < 1.29 is 4.74 Å². The Morgan fingerprint density at radius 3 is 2.92 bits per heavy atom. The summed E-state index contributed by atoms with van der Waals surface area (Å²) in [5.41, 5.74) is 0.187. The summed E-state index contributed by atoms with van der Waals surface area (Å²) in [4.78, 5) is 2.47. The van der Waals surface area contributed by atoms with Gasteiger partial charge in [0.05, 0.1) is 13.2 Å². The van der Waals surface area contributed by atoms with Gasteiger partial charge in [-0.05, 0) is 26.8 Å². The fourth-order valence-electron chi connectivity index (χ4n) is 1.68. The number of terminal acetylenes is 1. The first-order chi connectivity index (χ1) is 6.17. The van der Waals surface area contributed by atoms with E-state index in [2.05, 4.69) is 24.7 Å². The number of morpholine rings is 1. The molecule has 0 aromatic rings. The van der Waals surface area contributed by atoms with Crippen LogP contribution in [-0.4, -0.2) is 36.7 Å². The molecule has 0 aliphatic carbocycles. The number of unbranched alkanes of at least 4 members (excludes halogenated alkanes) is 1. The highest BCUT2D eigenvalue weighted by Crippen LogP contribution is 2.18. The predicted molar refractivity (Wildman–Crippen MR) is 54.5 cm³/mol. The number of hydrogen-bond donors (Lipinski definition) is 0. The summed E-state index contributed by atoms with van der Waals surface area (Å²) < 4.78 is 5.44. The molecule has 0 spiro atoms. The third-order valence-corrected chi connectivity index (χ3v) is 2.57. The zero-order chi connectivity index (χ0) is 9.73. The highest BCUT2D eigenvalue weighted by molar-refractivity contribution is 4.87. The van der Waals surface area contributed by atoms with E-state index >= 15 is 0 Å². The topological polar surface area (TPSA) is 12.5 Å². The number of nitrogens with zero attached hydrogens (tertiary/aromatic N) is 1. The lowest BCUT2D eigenvalue weighted by molar-refractivity contribution is -0.0509. The zero-order valence-electron chi connectivity index (χ0n) is 8.68. The smallest absolute Gasteiger partial charge is 0.0645 e. The predicted octanol–water partition coefficient (Wildman–Crippen LogP) is 1.51. The molecule has 74 valence electrons. The molecular formula is C11H19NO. The first-order valence-electron chi connectivity index (χ1n) is 4.93. The summed E-state index contributed by atoms with van der Waals surface area (Å²) in [6, 6.07) is 0. The van der Waals surface area contributed by atoms with Crippen LogP contribution in [0.15, 0.2) is 0 Å². The molecular weight excluding hydrogens is 162 g/mol. The molecule has 0 N–H and O–H groups in total. The van der Waals surface area contributed by atoms with E-state index in [9.17, 15) is 0 Å². The van der Waals surface area contributed by atoms with E-state index in [0.717, 1.165) is 39.1 Å². The van der Waals surface area contributed by atoms with Gasteiger partial charge in [-0.3, -0.25) is 4.90 Å². The summed E-state index contributed by atoms with van der Waals surface area (Å²) in [5.74, 6) is 2.68. The molecule has 0 bridgehead atoms. The van der Waals surface area contributed by atoms with Gasteiger partial charge >= 0.3 is 0 Å². The molecule has 0 aromatic carbocycles. The van der Waals surface area contributed by atoms with E-state index in [1.54, 1.807) is 0 Å². The van der Waals surface area contributed by atoms with Gasteiger partial charge in [0, 0.05) is 18.5 Å². The highest BCUT2D eigenvalue weighted by Gasteiger charge is 2.29. The number of rotatable bonds is 3. The molecule has 0 atom stereocenters. The zero-order valence-corrected chi connectivity index (χ0v) is 8.68. The molecule has 1 saturated heterocycles. The van der Waals surface area contributed by atoms with Crippen molar-refractivity contribution in [3.63, 3.8) is 0 Å². The lowest BCUT2D eigenvalue weighted by Gasteiger charge is -2.42. The second-order valence-electron chi connectivity index (χ2n) is 4.16. The molecule has 2 heteroatoms. The standard InChI is InChI=1S/C11H19NO/c1-4-5-6-7-12-8-9-13-10-11(12,2)3/h1H,5-10H2,2-3H3. The van der Waals surface area contributed by atoms with Gasteiger partial charge < -0.3 is 4.74 Å². The maximum Gasteiger partial charge on any atom is 0.0645 e. The Balaban J connectivity index is 2.34. The summed E-state index contributed by atoms with van der Waals surface area (Å²) in [6.07, 6.45) is 7.20. The van der Waals surface area contributed by atoms with Crippen molar-refractivity contribution in [2.24, 2.45) is 0 Å². The minimum Gasteiger partial charge on any atom is -0.378 e. The van der Waals surface area contributed by atoms with Gasteiger partial charge in [-0.2, -0.15) is 0 Å². The van der Waals surface area contributed by atoms with Gasteiger partial charge in [-0.1, -0.05) is 0 Å². The van der Waals surface area contributed by atoms with E-state index in [4.69, 9.17) is 11.2 Å². The third-order valence-electron chi connectivity index (χ3n) is 2.57. The first-order valence-corrected chi connectivity index (χ1v) is 4.93. The number of ether oxygens (including phenoxy) is 1. The SMILES string of the molecule is C#CCCCN1CCOCC1(C)C. The molecule has 1 aliphatic rings. The Kier molecular flexibility index (Phi) is 3.77. The van der Waals surface area contributed by atoms with Crippen LogP contribution in [-0.2, 0) is 4.74 Å². The van der Waals surface area contributed by atoms with Gasteiger partial charge in [0.1, 0.15) is 0 Å². The monoisotopic (exact) mass is 181 g/mol. The minimum absolute atomic E-state index is 0.187.